The topological polar surface area (TPSA) is 12.0 Å². The van der Waals surface area contributed by atoms with Gasteiger partial charge in [-0.25, -0.2) is 0 Å². The van der Waals surface area contributed by atoms with Crippen molar-refractivity contribution in [3.05, 3.63) is 35.4 Å². The van der Waals surface area contributed by atoms with Gasteiger partial charge in [0.25, 0.3) is 0 Å². The zero-order valence-corrected chi connectivity index (χ0v) is 12.6. The summed E-state index contributed by atoms with van der Waals surface area (Å²) in [5, 5.41) is 3.60. The van der Waals surface area contributed by atoms with E-state index in [0.29, 0.717) is 5.41 Å². The molecule has 0 saturated carbocycles. The van der Waals surface area contributed by atoms with E-state index in [1.54, 1.807) is 0 Å². The van der Waals surface area contributed by atoms with Gasteiger partial charge in [0.15, 0.2) is 0 Å². The monoisotopic (exact) mass is 247 g/mol. The molecule has 0 fully saturated rings. The Kier molecular flexibility index (Phi) is 6.42. The van der Waals surface area contributed by atoms with Crippen molar-refractivity contribution in [2.45, 2.75) is 59.9 Å². The van der Waals surface area contributed by atoms with Crippen molar-refractivity contribution in [1.29, 1.82) is 0 Å². The van der Waals surface area contributed by atoms with Gasteiger partial charge in [-0.2, -0.15) is 0 Å². The molecule has 1 N–H and O–H groups in total. The Bertz CT molecular complexity index is 341. The Morgan fingerprint density at radius 2 is 1.94 bits per heavy atom. The van der Waals surface area contributed by atoms with Gasteiger partial charge in [0, 0.05) is 13.1 Å². The van der Waals surface area contributed by atoms with Gasteiger partial charge in [-0.1, -0.05) is 69.9 Å². The van der Waals surface area contributed by atoms with Crippen LogP contribution in [0.25, 0.3) is 0 Å². The van der Waals surface area contributed by atoms with E-state index in [4.69, 9.17) is 0 Å². The van der Waals surface area contributed by atoms with E-state index in [1.807, 2.05) is 0 Å². The summed E-state index contributed by atoms with van der Waals surface area (Å²) < 4.78 is 0. The van der Waals surface area contributed by atoms with Crippen LogP contribution in [0.3, 0.4) is 0 Å². The van der Waals surface area contributed by atoms with E-state index in [1.165, 1.54) is 36.8 Å². The highest BCUT2D eigenvalue weighted by atomic mass is 14.9. The first kappa shape index (κ1) is 15.2. The summed E-state index contributed by atoms with van der Waals surface area (Å²) in [6, 6.07) is 8.75. The molecule has 1 aromatic rings. The van der Waals surface area contributed by atoms with Crippen molar-refractivity contribution >= 4 is 0 Å². The van der Waals surface area contributed by atoms with Crippen LogP contribution in [0, 0.1) is 12.3 Å². The summed E-state index contributed by atoms with van der Waals surface area (Å²) in [6.07, 6.45) is 5.35. The molecule has 0 saturated heterocycles. The summed E-state index contributed by atoms with van der Waals surface area (Å²) in [5.74, 6) is 0. The van der Waals surface area contributed by atoms with Gasteiger partial charge in [0.1, 0.15) is 0 Å². The molecular formula is C17H29N. The summed E-state index contributed by atoms with van der Waals surface area (Å²) in [6.45, 7) is 11.2. The van der Waals surface area contributed by atoms with Gasteiger partial charge in [-0.3, -0.25) is 0 Å². The molecule has 0 spiro atoms. The van der Waals surface area contributed by atoms with Gasteiger partial charge < -0.3 is 5.32 Å². The number of hydrogen-bond acceptors (Lipinski definition) is 1. The zero-order chi connectivity index (χ0) is 13.4. The molecule has 0 aliphatic heterocycles. The molecule has 1 aromatic carbocycles. The summed E-state index contributed by atoms with van der Waals surface area (Å²) in [7, 11) is 0. The molecule has 1 nitrogen and oxygen atoms in total. The van der Waals surface area contributed by atoms with Gasteiger partial charge >= 0.3 is 0 Å². The first-order valence-corrected chi connectivity index (χ1v) is 7.30. The van der Waals surface area contributed by atoms with Gasteiger partial charge in [-0.05, 0) is 24.3 Å². The number of unbranched alkanes of at least 4 members (excludes halogenated alkanes) is 2. The van der Waals surface area contributed by atoms with Crippen molar-refractivity contribution in [1.82, 2.24) is 5.32 Å². The molecule has 0 aliphatic carbocycles. The molecule has 0 bridgehead atoms. The highest BCUT2D eigenvalue weighted by Gasteiger charge is 2.16. The second-order valence-corrected chi connectivity index (χ2v) is 6.21. The van der Waals surface area contributed by atoms with Crippen LogP contribution in [-0.4, -0.2) is 6.54 Å². The van der Waals surface area contributed by atoms with Crippen molar-refractivity contribution in [3.8, 4) is 0 Å². The van der Waals surface area contributed by atoms with E-state index in [0.717, 1.165) is 13.1 Å². The fourth-order valence-corrected chi connectivity index (χ4v) is 2.31. The minimum absolute atomic E-state index is 0.416. The normalized spacial score (nSPS) is 11.8. The van der Waals surface area contributed by atoms with Crippen molar-refractivity contribution in [3.63, 3.8) is 0 Å². The Labute approximate surface area is 113 Å². The van der Waals surface area contributed by atoms with Crippen molar-refractivity contribution < 1.29 is 0 Å². The van der Waals surface area contributed by atoms with Gasteiger partial charge in [-0.15, -0.1) is 0 Å². The Morgan fingerprint density at radius 1 is 1.17 bits per heavy atom. The van der Waals surface area contributed by atoms with Gasteiger partial charge in [0.05, 0.1) is 0 Å². The number of benzene rings is 1. The maximum absolute atomic E-state index is 3.60. The van der Waals surface area contributed by atoms with Crippen LogP contribution in [0.4, 0.5) is 0 Å². The lowest BCUT2D eigenvalue weighted by atomic mass is 9.87. The predicted octanol–water partition coefficient (Wildman–Crippen LogP) is 4.69. The molecule has 102 valence electrons. The fraction of sp³-hybridized carbons (Fsp3) is 0.647. The van der Waals surface area contributed by atoms with E-state index >= 15 is 0 Å². The van der Waals surface area contributed by atoms with E-state index in [2.05, 4.69) is 57.3 Å². The van der Waals surface area contributed by atoms with Crippen LogP contribution in [0.1, 0.15) is 57.6 Å². The highest BCUT2D eigenvalue weighted by molar-refractivity contribution is 5.21. The molecule has 1 heteroatoms. The number of nitrogens with one attached hydrogen (secondary N) is 1. The molecule has 1 rings (SSSR count). The molecule has 0 unspecified atom stereocenters. The van der Waals surface area contributed by atoms with Crippen molar-refractivity contribution in [2.24, 2.45) is 5.41 Å². The second-order valence-electron chi connectivity index (χ2n) is 6.21. The smallest absolute Gasteiger partial charge is 0.0205 e. The largest absolute Gasteiger partial charge is 0.312 e. The zero-order valence-electron chi connectivity index (χ0n) is 12.6. The van der Waals surface area contributed by atoms with Crippen LogP contribution in [-0.2, 0) is 6.54 Å². The molecule has 0 radical (unpaired) electrons. The molecule has 0 amide bonds. The number of hydrogen-bond donors (Lipinski definition) is 1. The van der Waals surface area contributed by atoms with E-state index in [9.17, 15) is 0 Å². The summed E-state index contributed by atoms with van der Waals surface area (Å²) >= 11 is 0. The van der Waals surface area contributed by atoms with Crippen LogP contribution in [0.2, 0.25) is 0 Å². The SMILES string of the molecule is CCCCCC(C)(C)CNCc1cccc(C)c1. The third-order valence-electron chi connectivity index (χ3n) is 3.47. The number of rotatable bonds is 8. The fourth-order valence-electron chi connectivity index (χ4n) is 2.31. The molecular weight excluding hydrogens is 218 g/mol. The molecule has 0 heterocycles. The van der Waals surface area contributed by atoms with Crippen molar-refractivity contribution in [2.75, 3.05) is 6.54 Å². The van der Waals surface area contributed by atoms with Crippen LogP contribution in [0.5, 0.6) is 0 Å². The minimum atomic E-state index is 0.416. The first-order valence-electron chi connectivity index (χ1n) is 7.30. The maximum Gasteiger partial charge on any atom is 0.0205 e. The quantitative estimate of drug-likeness (QED) is 0.657. The Hall–Kier alpha value is -0.820. The molecule has 18 heavy (non-hydrogen) atoms. The summed E-state index contributed by atoms with van der Waals surface area (Å²) in [4.78, 5) is 0. The Balaban J connectivity index is 2.27. The number of aryl methyl sites for hydroxylation is 1. The molecule has 0 atom stereocenters. The lowest BCUT2D eigenvalue weighted by molar-refractivity contribution is 0.302. The maximum atomic E-state index is 3.60. The van der Waals surface area contributed by atoms with Gasteiger partial charge in [0.2, 0.25) is 0 Å². The molecule has 0 aromatic heterocycles. The Morgan fingerprint density at radius 3 is 2.61 bits per heavy atom. The van der Waals surface area contributed by atoms with Crippen LogP contribution >= 0.6 is 0 Å². The van der Waals surface area contributed by atoms with Crippen LogP contribution < -0.4 is 5.32 Å². The van der Waals surface area contributed by atoms with Crippen LogP contribution in [0.15, 0.2) is 24.3 Å². The van der Waals surface area contributed by atoms with E-state index in [-0.39, 0.29) is 0 Å². The standard InChI is InChI=1S/C17H29N/c1-5-6-7-11-17(3,4)14-18-13-16-10-8-9-15(2)12-16/h8-10,12,18H,5-7,11,13-14H2,1-4H3. The average molecular weight is 247 g/mol. The second kappa shape index (κ2) is 7.58. The third-order valence-corrected chi connectivity index (χ3v) is 3.47. The average Bonchev–Trinajstić information content (AvgIpc) is 2.29. The lowest BCUT2D eigenvalue weighted by Crippen LogP contribution is -2.29. The first-order chi connectivity index (χ1) is 8.53. The molecule has 0 aliphatic rings. The van der Waals surface area contributed by atoms with E-state index < -0.39 is 0 Å². The minimum Gasteiger partial charge on any atom is -0.312 e. The third kappa shape index (κ3) is 6.20. The lowest BCUT2D eigenvalue weighted by Gasteiger charge is -2.25. The highest BCUT2D eigenvalue weighted by Crippen LogP contribution is 2.22. The predicted molar refractivity (Wildman–Crippen MR) is 80.8 cm³/mol. The summed E-state index contributed by atoms with van der Waals surface area (Å²) in [5.41, 5.74) is 3.15.